The maximum Gasteiger partial charge on any atom is 0.262 e. The lowest BCUT2D eigenvalue weighted by Crippen LogP contribution is -2.25. The van der Waals surface area contributed by atoms with Crippen LogP contribution >= 0.6 is 0 Å². The number of para-hydroxylation sites is 1. The summed E-state index contributed by atoms with van der Waals surface area (Å²) in [5.74, 6) is 0.939. The fourth-order valence-corrected chi connectivity index (χ4v) is 2.15. The van der Waals surface area contributed by atoms with E-state index in [0.29, 0.717) is 23.7 Å². The Balaban J connectivity index is 1.51. The number of nitrogens with one attached hydrogen (secondary N) is 2. The zero-order valence-electron chi connectivity index (χ0n) is 12.4. The predicted octanol–water partition coefficient (Wildman–Crippen LogP) is 2.43. The van der Waals surface area contributed by atoms with Gasteiger partial charge >= 0.3 is 0 Å². The minimum absolute atomic E-state index is 0.0185. The fourth-order valence-electron chi connectivity index (χ4n) is 2.15. The number of fused-ring (bicyclic) bond motifs is 1. The van der Waals surface area contributed by atoms with Crippen molar-refractivity contribution >= 4 is 23.2 Å². The Hall–Kier alpha value is -3.02. The highest BCUT2D eigenvalue weighted by Gasteiger charge is 2.16. The van der Waals surface area contributed by atoms with Crippen molar-refractivity contribution in [3.05, 3.63) is 48.5 Å². The highest BCUT2D eigenvalue weighted by molar-refractivity contribution is 5.97. The van der Waals surface area contributed by atoms with Crippen LogP contribution < -0.4 is 20.1 Å². The number of rotatable bonds is 5. The van der Waals surface area contributed by atoms with Gasteiger partial charge in [-0.3, -0.25) is 9.59 Å². The second kappa shape index (κ2) is 6.83. The summed E-state index contributed by atoms with van der Waals surface area (Å²) in [5.41, 5.74) is 1.22. The van der Waals surface area contributed by atoms with Gasteiger partial charge in [0.2, 0.25) is 5.91 Å². The van der Waals surface area contributed by atoms with Crippen molar-refractivity contribution in [1.29, 1.82) is 0 Å². The number of carbonyl (C=O) groups is 2. The lowest BCUT2D eigenvalue weighted by Gasteiger charge is -2.18. The van der Waals surface area contributed by atoms with Gasteiger partial charge in [0.1, 0.15) is 11.5 Å². The van der Waals surface area contributed by atoms with Gasteiger partial charge < -0.3 is 20.1 Å². The van der Waals surface area contributed by atoms with Crippen LogP contribution in [0.25, 0.3) is 0 Å². The molecule has 0 saturated heterocycles. The van der Waals surface area contributed by atoms with Crippen LogP contribution in [0.2, 0.25) is 0 Å². The number of amides is 2. The number of ether oxygens (including phenoxy) is 2. The maximum atomic E-state index is 11.9. The van der Waals surface area contributed by atoms with Gasteiger partial charge in [0.05, 0.1) is 18.7 Å². The zero-order valence-corrected chi connectivity index (χ0v) is 12.4. The first-order chi connectivity index (χ1) is 11.2. The summed E-state index contributed by atoms with van der Waals surface area (Å²) in [6, 6.07) is 14.4. The van der Waals surface area contributed by atoms with E-state index in [1.165, 1.54) is 0 Å². The molecule has 2 aromatic carbocycles. The van der Waals surface area contributed by atoms with Crippen LogP contribution in [0.5, 0.6) is 11.5 Å². The summed E-state index contributed by atoms with van der Waals surface area (Å²) in [4.78, 5) is 23.1. The molecule has 6 heteroatoms. The van der Waals surface area contributed by atoms with Crippen LogP contribution in [0.15, 0.2) is 48.5 Å². The standard InChI is InChI=1S/C17H16N2O4/c20-16(8-9-22-13-4-2-1-3-5-13)18-12-6-7-14-15(10-12)23-11-17(21)19-14/h1-7,10H,8-9,11H2,(H,18,20)(H,19,21). The largest absolute Gasteiger partial charge is 0.493 e. The lowest BCUT2D eigenvalue weighted by atomic mass is 10.2. The molecule has 3 rings (SSSR count). The fraction of sp³-hybridized carbons (Fsp3) is 0.176. The lowest BCUT2D eigenvalue weighted by molar-refractivity contribution is -0.119. The SMILES string of the molecule is O=C(CCOc1ccccc1)Nc1ccc2c(c1)OCC(=O)N2. The number of hydrogen-bond acceptors (Lipinski definition) is 4. The van der Waals surface area contributed by atoms with Crippen LogP contribution in [0, 0.1) is 0 Å². The molecule has 2 N–H and O–H groups in total. The quantitative estimate of drug-likeness (QED) is 0.889. The second-order valence-electron chi connectivity index (χ2n) is 5.01. The molecule has 0 atom stereocenters. The number of benzene rings is 2. The Morgan fingerprint density at radius 2 is 2.04 bits per heavy atom. The molecular formula is C17H16N2O4. The average molecular weight is 312 g/mol. The van der Waals surface area contributed by atoms with Crippen molar-refractivity contribution in [1.82, 2.24) is 0 Å². The summed E-state index contributed by atoms with van der Waals surface area (Å²) < 4.78 is 10.8. The number of anilines is 2. The molecule has 0 fully saturated rings. The molecular weight excluding hydrogens is 296 g/mol. The summed E-state index contributed by atoms with van der Waals surface area (Å²) >= 11 is 0. The minimum Gasteiger partial charge on any atom is -0.493 e. The third-order valence-electron chi connectivity index (χ3n) is 3.24. The van der Waals surface area contributed by atoms with Crippen molar-refractivity contribution in [2.24, 2.45) is 0 Å². The molecule has 1 aliphatic rings. The molecule has 1 heterocycles. The topological polar surface area (TPSA) is 76.7 Å². The summed E-state index contributed by atoms with van der Waals surface area (Å²) in [6.45, 7) is 0.280. The first-order valence-electron chi connectivity index (χ1n) is 7.25. The molecule has 2 aromatic rings. The van der Waals surface area contributed by atoms with Crippen molar-refractivity contribution in [3.63, 3.8) is 0 Å². The first kappa shape index (κ1) is 14.9. The third kappa shape index (κ3) is 4.00. The Labute approximate surface area is 133 Å². The molecule has 23 heavy (non-hydrogen) atoms. The van der Waals surface area contributed by atoms with Gasteiger partial charge in [0, 0.05) is 11.8 Å². The molecule has 0 aromatic heterocycles. The van der Waals surface area contributed by atoms with Crippen LogP contribution in [-0.2, 0) is 9.59 Å². The van der Waals surface area contributed by atoms with Gasteiger partial charge in [0.25, 0.3) is 5.91 Å². The van der Waals surface area contributed by atoms with E-state index >= 15 is 0 Å². The maximum absolute atomic E-state index is 11.9. The van der Waals surface area contributed by atoms with Gasteiger partial charge in [-0.05, 0) is 24.3 Å². The van der Waals surface area contributed by atoms with E-state index in [2.05, 4.69) is 10.6 Å². The van der Waals surface area contributed by atoms with E-state index in [1.807, 2.05) is 30.3 Å². The van der Waals surface area contributed by atoms with Crippen molar-refractivity contribution in [2.45, 2.75) is 6.42 Å². The van der Waals surface area contributed by atoms with E-state index < -0.39 is 0 Å². The Bertz CT molecular complexity index is 716. The molecule has 6 nitrogen and oxygen atoms in total. The summed E-state index contributed by atoms with van der Waals surface area (Å²) in [5, 5.41) is 5.47. The van der Waals surface area contributed by atoms with Gasteiger partial charge in [-0.25, -0.2) is 0 Å². The molecule has 0 radical (unpaired) electrons. The van der Waals surface area contributed by atoms with Crippen LogP contribution in [0.4, 0.5) is 11.4 Å². The number of carbonyl (C=O) groups excluding carboxylic acids is 2. The molecule has 2 amide bonds. The van der Waals surface area contributed by atoms with E-state index in [1.54, 1.807) is 18.2 Å². The van der Waals surface area contributed by atoms with Gasteiger partial charge in [-0.2, -0.15) is 0 Å². The van der Waals surface area contributed by atoms with Crippen LogP contribution in [0.1, 0.15) is 6.42 Å². The average Bonchev–Trinajstić information content (AvgIpc) is 2.56. The van der Waals surface area contributed by atoms with E-state index in [9.17, 15) is 9.59 Å². The number of hydrogen-bond donors (Lipinski definition) is 2. The normalized spacial score (nSPS) is 12.6. The van der Waals surface area contributed by atoms with Gasteiger partial charge in [-0.15, -0.1) is 0 Å². The Kier molecular flexibility index (Phi) is 4.42. The van der Waals surface area contributed by atoms with Gasteiger partial charge in [0.15, 0.2) is 6.61 Å². The highest BCUT2D eigenvalue weighted by atomic mass is 16.5. The minimum atomic E-state index is -0.188. The molecule has 0 bridgehead atoms. The molecule has 0 saturated carbocycles. The van der Waals surface area contributed by atoms with E-state index in [-0.39, 0.29) is 24.8 Å². The Morgan fingerprint density at radius 3 is 2.87 bits per heavy atom. The Morgan fingerprint density at radius 1 is 1.22 bits per heavy atom. The van der Waals surface area contributed by atoms with Gasteiger partial charge in [-0.1, -0.05) is 18.2 Å². The molecule has 0 unspecified atom stereocenters. The first-order valence-corrected chi connectivity index (χ1v) is 7.25. The molecule has 0 spiro atoms. The van der Waals surface area contributed by atoms with Crippen molar-refractivity contribution in [2.75, 3.05) is 23.8 Å². The van der Waals surface area contributed by atoms with Crippen LogP contribution in [-0.4, -0.2) is 25.0 Å². The van der Waals surface area contributed by atoms with Crippen LogP contribution in [0.3, 0.4) is 0 Å². The van der Waals surface area contributed by atoms with Crippen molar-refractivity contribution < 1.29 is 19.1 Å². The summed E-state index contributed by atoms with van der Waals surface area (Å²) in [7, 11) is 0. The zero-order chi connectivity index (χ0) is 16.1. The summed E-state index contributed by atoms with van der Waals surface area (Å²) in [6.07, 6.45) is 0.240. The van der Waals surface area contributed by atoms with Crippen molar-refractivity contribution in [3.8, 4) is 11.5 Å². The van der Waals surface area contributed by atoms with E-state index in [4.69, 9.17) is 9.47 Å². The predicted molar refractivity (Wildman–Crippen MR) is 85.8 cm³/mol. The molecule has 1 aliphatic heterocycles. The monoisotopic (exact) mass is 312 g/mol. The second-order valence-corrected chi connectivity index (χ2v) is 5.01. The smallest absolute Gasteiger partial charge is 0.262 e. The van der Waals surface area contributed by atoms with E-state index in [0.717, 1.165) is 5.75 Å². The molecule has 0 aliphatic carbocycles. The molecule has 118 valence electrons. The third-order valence-corrected chi connectivity index (χ3v) is 3.24. The highest BCUT2D eigenvalue weighted by Crippen LogP contribution is 2.30.